The van der Waals surface area contributed by atoms with Gasteiger partial charge in [0, 0.05) is 15.6 Å². The molecular formula is C21H17ClN4S. The van der Waals surface area contributed by atoms with Gasteiger partial charge in [0.1, 0.15) is 0 Å². The Balaban J connectivity index is 1.65. The van der Waals surface area contributed by atoms with Crippen LogP contribution < -0.4 is 10.0 Å². The van der Waals surface area contributed by atoms with Gasteiger partial charge < -0.3 is 10.0 Å². The van der Waals surface area contributed by atoms with Gasteiger partial charge in [0.05, 0.1) is 11.0 Å². The summed E-state index contributed by atoms with van der Waals surface area (Å²) in [6, 6.07) is 23.7. The zero-order valence-corrected chi connectivity index (χ0v) is 16.2. The Kier molecular flexibility index (Phi) is 5.14. The molecular weight excluding hydrogens is 376 g/mol. The lowest BCUT2D eigenvalue weighted by molar-refractivity contribution is 1.28. The van der Waals surface area contributed by atoms with Gasteiger partial charge in [-0.05, 0) is 67.4 Å². The lowest BCUT2D eigenvalue weighted by Crippen LogP contribution is -2.02. The first kappa shape index (κ1) is 17.6. The summed E-state index contributed by atoms with van der Waals surface area (Å²) in [5.41, 5.74) is 3.80. The number of para-hydroxylation sites is 2. The van der Waals surface area contributed by atoms with Crippen molar-refractivity contribution in [2.24, 2.45) is 0 Å². The number of nitrogens with one attached hydrogen (secondary N) is 2. The molecule has 6 heteroatoms. The average Bonchev–Trinajstić information content (AvgIpc) is 2.69. The van der Waals surface area contributed by atoms with Gasteiger partial charge in [-0.1, -0.05) is 41.4 Å². The summed E-state index contributed by atoms with van der Waals surface area (Å²) in [5.74, 6) is 1.34. The normalized spacial score (nSPS) is 10.7. The predicted molar refractivity (Wildman–Crippen MR) is 115 cm³/mol. The zero-order valence-electron chi connectivity index (χ0n) is 14.6. The van der Waals surface area contributed by atoms with Crippen LogP contribution in [-0.4, -0.2) is 9.97 Å². The molecule has 0 saturated carbocycles. The van der Waals surface area contributed by atoms with Crippen LogP contribution in [0.1, 0.15) is 5.56 Å². The largest absolute Gasteiger partial charge is 0.337 e. The fraction of sp³-hybridized carbons (Fsp3) is 0.0476. The van der Waals surface area contributed by atoms with E-state index in [1.807, 2.05) is 48.5 Å². The summed E-state index contributed by atoms with van der Waals surface area (Å²) in [6.45, 7) is 2.07. The number of rotatable bonds is 5. The van der Waals surface area contributed by atoms with Gasteiger partial charge in [-0.25, -0.2) is 9.97 Å². The average molecular weight is 393 g/mol. The first-order valence-electron chi connectivity index (χ1n) is 8.46. The minimum atomic E-state index is 0.663. The zero-order chi connectivity index (χ0) is 18.6. The molecule has 0 aliphatic heterocycles. The Bertz CT molecular complexity index is 1070. The fourth-order valence-corrected chi connectivity index (χ4v) is 3.30. The molecule has 0 aliphatic rings. The van der Waals surface area contributed by atoms with Crippen molar-refractivity contribution in [3.05, 3.63) is 83.4 Å². The molecule has 0 amide bonds. The molecule has 0 spiro atoms. The highest BCUT2D eigenvalue weighted by molar-refractivity contribution is 8.00. The minimum absolute atomic E-state index is 0.663. The molecule has 2 N–H and O–H groups in total. The molecule has 4 rings (SSSR count). The van der Waals surface area contributed by atoms with E-state index in [1.54, 1.807) is 0 Å². The minimum Gasteiger partial charge on any atom is -0.337 e. The van der Waals surface area contributed by atoms with E-state index >= 15 is 0 Å². The number of benzene rings is 3. The van der Waals surface area contributed by atoms with Gasteiger partial charge in [0.15, 0.2) is 11.6 Å². The van der Waals surface area contributed by atoms with Crippen LogP contribution in [0.3, 0.4) is 0 Å². The maximum Gasteiger partial charge on any atom is 0.180 e. The Labute approximate surface area is 167 Å². The number of nitrogens with zero attached hydrogens (tertiary/aromatic N) is 2. The standard InChI is InChI=1S/C21H17ClN4S/c1-14-6-12-17(13-7-14)27-26-21-20(23-16-10-8-15(22)9-11-16)24-18-4-2-3-5-19(18)25-21/h2-13H,1H3,(H,23,24)(H,25,26). The third-order valence-electron chi connectivity index (χ3n) is 3.96. The molecule has 1 heterocycles. The van der Waals surface area contributed by atoms with Crippen LogP contribution in [0.5, 0.6) is 0 Å². The molecule has 0 radical (unpaired) electrons. The monoisotopic (exact) mass is 392 g/mol. The van der Waals surface area contributed by atoms with E-state index in [0.29, 0.717) is 16.7 Å². The SMILES string of the molecule is Cc1ccc(SNc2nc3ccccc3nc2Nc2ccc(Cl)cc2)cc1. The molecule has 27 heavy (non-hydrogen) atoms. The Morgan fingerprint density at radius 2 is 1.41 bits per heavy atom. The van der Waals surface area contributed by atoms with Crippen molar-refractivity contribution in [2.75, 3.05) is 10.0 Å². The number of halogens is 1. The van der Waals surface area contributed by atoms with Crippen LogP contribution in [0.25, 0.3) is 11.0 Å². The number of hydrogen-bond donors (Lipinski definition) is 2. The maximum atomic E-state index is 5.98. The van der Waals surface area contributed by atoms with E-state index in [4.69, 9.17) is 21.6 Å². The second-order valence-corrected chi connectivity index (χ2v) is 7.37. The molecule has 4 nitrogen and oxygen atoms in total. The van der Waals surface area contributed by atoms with E-state index in [2.05, 4.69) is 41.2 Å². The Hall–Kier alpha value is -2.76. The molecule has 134 valence electrons. The van der Waals surface area contributed by atoms with Gasteiger partial charge in [0.2, 0.25) is 0 Å². The molecule has 1 aromatic heterocycles. The van der Waals surface area contributed by atoms with Crippen molar-refractivity contribution in [2.45, 2.75) is 11.8 Å². The van der Waals surface area contributed by atoms with E-state index in [1.165, 1.54) is 17.5 Å². The molecule has 0 unspecified atom stereocenters. The van der Waals surface area contributed by atoms with Crippen LogP contribution in [0.2, 0.25) is 5.02 Å². The van der Waals surface area contributed by atoms with Gasteiger partial charge in [-0.2, -0.15) is 0 Å². The van der Waals surface area contributed by atoms with E-state index in [0.717, 1.165) is 21.6 Å². The molecule has 0 saturated heterocycles. The van der Waals surface area contributed by atoms with Crippen molar-refractivity contribution in [3.8, 4) is 0 Å². The summed E-state index contributed by atoms with van der Waals surface area (Å²) in [6.07, 6.45) is 0. The number of anilines is 3. The van der Waals surface area contributed by atoms with E-state index < -0.39 is 0 Å². The summed E-state index contributed by atoms with van der Waals surface area (Å²) in [4.78, 5) is 10.6. The van der Waals surface area contributed by atoms with Crippen molar-refractivity contribution < 1.29 is 0 Å². The highest BCUT2D eigenvalue weighted by Crippen LogP contribution is 2.29. The summed E-state index contributed by atoms with van der Waals surface area (Å²) in [7, 11) is 0. The Morgan fingerprint density at radius 1 is 0.778 bits per heavy atom. The summed E-state index contributed by atoms with van der Waals surface area (Å²) < 4.78 is 3.33. The quantitative estimate of drug-likeness (QED) is 0.382. The third-order valence-corrected chi connectivity index (χ3v) is 5.02. The van der Waals surface area contributed by atoms with Crippen molar-refractivity contribution in [1.29, 1.82) is 0 Å². The van der Waals surface area contributed by atoms with Crippen molar-refractivity contribution in [3.63, 3.8) is 0 Å². The number of fused-ring (bicyclic) bond motifs is 1. The third kappa shape index (κ3) is 4.32. The van der Waals surface area contributed by atoms with Crippen LogP contribution in [0.15, 0.2) is 77.7 Å². The number of aromatic nitrogens is 2. The van der Waals surface area contributed by atoms with Gasteiger partial charge in [-0.3, -0.25) is 0 Å². The van der Waals surface area contributed by atoms with Crippen molar-refractivity contribution in [1.82, 2.24) is 9.97 Å². The number of aryl methyl sites for hydroxylation is 1. The predicted octanol–water partition coefficient (Wildman–Crippen LogP) is 6.45. The second-order valence-electron chi connectivity index (χ2n) is 6.06. The smallest absolute Gasteiger partial charge is 0.180 e. The molecule has 3 aromatic carbocycles. The maximum absolute atomic E-state index is 5.98. The first-order chi connectivity index (χ1) is 13.2. The van der Waals surface area contributed by atoms with Gasteiger partial charge >= 0.3 is 0 Å². The summed E-state index contributed by atoms with van der Waals surface area (Å²) >= 11 is 7.49. The second kappa shape index (κ2) is 7.86. The first-order valence-corrected chi connectivity index (χ1v) is 9.66. The van der Waals surface area contributed by atoms with Crippen molar-refractivity contribution >= 4 is 51.9 Å². The lowest BCUT2D eigenvalue weighted by atomic mass is 10.2. The number of hydrogen-bond acceptors (Lipinski definition) is 5. The van der Waals surface area contributed by atoms with E-state index in [-0.39, 0.29) is 0 Å². The topological polar surface area (TPSA) is 49.8 Å². The van der Waals surface area contributed by atoms with Gasteiger partial charge in [0.25, 0.3) is 0 Å². The lowest BCUT2D eigenvalue weighted by Gasteiger charge is -2.13. The van der Waals surface area contributed by atoms with Gasteiger partial charge in [-0.15, -0.1) is 0 Å². The fourth-order valence-electron chi connectivity index (χ4n) is 2.54. The van der Waals surface area contributed by atoms with E-state index in [9.17, 15) is 0 Å². The highest BCUT2D eigenvalue weighted by atomic mass is 35.5. The summed E-state index contributed by atoms with van der Waals surface area (Å²) in [5, 5.41) is 4.02. The van der Waals surface area contributed by atoms with Crippen LogP contribution >= 0.6 is 23.5 Å². The van der Waals surface area contributed by atoms with Crippen LogP contribution in [-0.2, 0) is 0 Å². The molecule has 0 aliphatic carbocycles. The van der Waals surface area contributed by atoms with Crippen LogP contribution in [0.4, 0.5) is 17.3 Å². The molecule has 4 aromatic rings. The Morgan fingerprint density at radius 3 is 2.07 bits per heavy atom. The van der Waals surface area contributed by atoms with Crippen LogP contribution in [0, 0.1) is 6.92 Å². The molecule has 0 bridgehead atoms. The molecule has 0 fully saturated rings. The highest BCUT2D eigenvalue weighted by Gasteiger charge is 2.10. The molecule has 0 atom stereocenters.